The fraction of sp³-hybridized carbons (Fsp3) is 0.316. The van der Waals surface area contributed by atoms with Gasteiger partial charge >= 0.3 is 0 Å². The zero-order chi connectivity index (χ0) is 20.0. The highest BCUT2D eigenvalue weighted by Crippen LogP contribution is 2.26. The lowest BCUT2D eigenvalue weighted by Gasteiger charge is -2.30. The van der Waals surface area contributed by atoms with Crippen molar-refractivity contribution in [2.45, 2.75) is 24.3 Å². The number of nitrogens with zero attached hydrogens (tertiary/aromatic N) is 1. The number of carbonyl (C=O) groups excluding carboxylic acids is 1. The van der Waals surface area contributed by atoms with Crippen LogP contribution in [0.3, 0.4) is 0 Å². The Morgan fingerprint density at radius 1 is 1.22 bits per heavy atom. The van der Waals surface area contributed by atoms with E-state index in [4.69, 9.17) is 4.74 Å². The van der Waals surface area contributed by atoms with Crippen molar-refractivity contribution < 1.29 is 17.9 Å². The predicted octanol–water partition coefficient (Wildman–Crippen LogP) is 3.60. The molecule has 2 rings (SSSR count). The normalized spacial score (nSPS) is 12.3. The first-order valence-electron chi connectivity index (χ1n) is 8.38. The van der Waals surface area contributed by atoms with Gasteiger partial charge < -0.3 is 10.1 Å². The van der Waals surface area contributed by atoms with Crippen LogP contribution in [0.2, 0.25) is 0 Å². The van der Waals surface area contributed by atoms with Gasteiger partial charge in [0.1, 0.15) is 11.8 Å². The number of benzene rings is 2. The lowest BCUT2D eigenvalue weighted by atomic mass is 10.1. The fourth-order valence-electron chi connectivity index (χ4n) is 2.72. The average molecular weight is 409 g/mol. The maximum absolute atomic E-state index is 12.9. The summed E-state index contributed by atoms with van der Waals surface area (Å²) in [6, 6.07) is 13.1. The molecule has 1 amide bonds. The number of hydrogen-bond donors (Lipinski definition) is 1. The molecular formula is C19H24N2O4S2. The van der Waals surface area contributed by atoms with Crippen molar-refractivity contribution in [1.82, 2.24) is 0 Å². The highest BCUT2D eigenvalue weighted by Gasteiger charge is 2.31. The summed E-state index contributed by atoms with van der Waals surface area (Å²) in [5.41, 5.74) is 1.05. The van der Waals surface area contributed by atoms with Crippen molar-refractivity contribution >= 4 is 39.1 Å². The van der Waals surface area contributed by atoms with Gasteiger partial charge in [-0.25, -0.2) is 8.42 Å². The molecule has 0 aliphatic carbocycles. The zero-order valence-corrected chi connectivity index (χ0v) is 17.4. The highest BCUT2D eigenvalue weighted by molar-refractivity contribution is 7.98. The summed E-state index contributed by atoms with van der Waals surface area (Å²) in [6.07, 6.45) is 3.37. The summed E-state index contributed by atoms with van der Waals surface area (Å²) < 4.78 is 31.2. The van der Waals surface area contributed by atoms with E-state index in [1.54, 1.807) is 49.0 Å². The number of methoxy groups -OCH3 is 1. The quantitative estimate of drug-likeness (QED) is 0.676. The van der Waals surface area contributed by atoms with Crippen LogP contribution in [-0.4, -0.2) is 40.0 Å². The van der Waals surface area contributed by atoms with E-state index in [9.17, 15) is 13.2 Å². The molecule has 8 heteroatoms. The lowest BCUT2D eigenvalue weighted by Crippen LogP contribution is -2.47. The Labute approximate surface area is 165 Å². The first kappa shape index (κ1) is 21.1. The number of nitrogens with one attached hydrogen (secondary N) is 1. The zero-order valence-electron chi connectivity index (χ0n) is 15.8. The van der Waals surface area contributed by atoms with E-state index in [1.807, 2.05) is 24.5 Å². The standard InChI is InChI=1S/C19H24N2O4S2/c1-5-18(19(22)20-14-7-6-8-17(13-14)26-3)21(27(4,23)24)15-9-11-16(25-2)12-10-15/h6-13,18H,5H2,1-4H3,(H,20,22). The summed E-state index contributed by atoms with van der Waals surface area (Å²) in [5.74, 6) is 0.232. The number of anilines is 2. The van der Waals surface area contributed by atoms with E-state index >= 15 is 0 Å². The van der Waals surface area contributed by atoms with Gasteiger partial charge in [-0.15, -0.1) is 11.8 Å². The van der Waals surface area contributed by atoms with Crippen molar-refractivity contribution in [3.05, 3.63) is 48.5 Å². The molecule has 0 bridgehead atoms. The van der Waals surface area contributed by atoms with Gasteiger partial charge in [-0.05, 0) is 55.1 Å². The molecule has 0 aliphatic rings. The maximum atomic E-state index is 12.9. The molecule has 0 aromatic heterocycles. The molecule has 0 fully saturated rings. The van der Waals surface area contributed by atoms with Gasteiger partial charge in [0.2, 0.25) is 15.9 Å². The number of carbonyl (C=O) groups is 1. The van der Waals surface area contributed by atoms with Gasteiger partial charge in [-0.2, -0.15) is 0 Å². The van der Waals surface area contributed by atoms with E-state index in [-0.39, 0.29) is 5.91 Å². The monoisotopic (exact) mass is 408 g/mol. The molecule has 27 heavy (non-hydrogen) atoms. The molecule has 0 saturated carbocycles. The van der Waals surface area contributed by atoms with Gasteiger partial charge in [0, 0.05) is 10.6 Å². The molecule has 1 N–H and O–H groups in total. The SMILES string of the molecule is CCC(C(=O)Nc1cccc(SC)c1)N(c1ccc(OC)cc1)S(C)(=O)=O. The van der Waals surface area contributed by atoms with Crippen LogP contribution in [0.1, 0.15) is 13.3 Å². The minimum Gasteiger partial charge on any atom is -0.497 e. The molecule has 2 aromatic rings. The third kappa shape index (κ3) is 5.40. The minimum absolute atomic E-state index is 0.327. The largest absolute Gasteiger partial charge is 0.497 e. The van der Waals surface area contributed by atoms with Crippen LogP contribution in [0.25, 0.3) is 0 Å². The van der Waals surface area contributed by atoms with E-state index in [0.717, 1.165) is 15.5 Å². The second-order valence-electron chi connectivity index (χ2n) is 5.90. The molecule has 0 spiro atoms. The van der Waals surface area contributed by atoms with Gasteiger partial charge in [0.25, 0.3) is 0 Å². The van der Waals surface area contributed by atoms with Crippen molar-refractivity contribution in [2.75, 3.05) is 29.2 Å². The lowest BCUT2D eigenvalue weighted by molar-refractivity contribution is -0.117. The number of amides is 1. The summed E-state index contributed by atoms with van der Waals surface area (Å²) in [7, 11) is -2.14. The van der Waals surface area contributed by atoms with Crippen LogP contribution < -0.4 is 14.4 Å². The van der Waals surface area contributed by atoms with Crippen molar-refractivity contribution in [1.29, 1.82) is 0 Å². The topological polar surface area (TPSA) is 75.7 Å². The van der Waals surface area contributed by atoms with Crippen LogP contribution in [-0.2, 0) is 14.8 Å². The van der Waals surface area contributed by atoms with Crippen LogP contribution >= 0.6 is 11.8 Å². The van der Waals surface area contributed by atoms with E-state index in [0.29, 0.717) is 23.5 Å². The fourth-order valence-corrected chi connectivity index (χ4v) is 4.39. The van der Waals surface area contributed by atoms with Gasteiger partial charge in [-0.3, -0.25) is 9.10 Å². The van der Waals surface area contributed by atoms with Crippen LogP contribution in [0.5, 0.6) is 5.75 Å². The van der Waals surface area contributed by atoms with Gasteiger partial charge in [0.15, 0.2) is 0 Å². The summed E-state index contributed by atoms with van der Waals surface area (Å²) in [5, 5.41) is 2.83. The van der Waals surface area contributed by atoms with Crippen LogP contribution in [0, 0.1) is 0 Å². The molecule has 1 unspecified atom stereocenters. The number of hydrogen-bond acceptors (Lipinski definition) is 5. The molecule has 0 aliphatic heterocycles. The smallest absolute Gasteiger partial charge is 0.248 e. The van der Waals surface area contributed by atoms with Crippen LogP contribution in [0.15, 0.2) is 53.4 Å². The summed E-state index contributed by atoms with van der Waals surface area (Å²) in [6.45, 7) is 1.78. The summed E-state index contributed by atoms with van der Waals surface area (Å²) in [4.78, 5) is 13.9. The van der Waals surface area contributed by atoms with E-state index < -0.39 is 16.1 Å². The molecule has 0 heterocycles. The predicted molar refractivity (Wildman–Crippen MR) is 111 cm³/mol. The van der Waals surface area contributed by atoms with Crippen molar-refractivity contribution in [3.8, 4) is 5.75 Å². The Balaban J connectivity index is 2.34. The second kappa shape index (κ2) is 9.14. The van der Waals surface area contributed by atoms with Crippen molar-refractivity contribution in [3.63, 3.8) is 0 Å². The Kier molecular flexibility index (Phi) is 7.15. The second-order valence-corrected chi connectivity index (χ2v) is 8.64. The Hall–Kier alpha value is -2.19. The van der Waals surface area contributed by atoms with E-state index in [1.165, 1.54) is 7.11 Å². The number of sulfonamides is 1. The maximum Gasteiger partial charge on any atom is 0.248 e. The Bertz CT molecular complexity index is 883. The molecule has 0 radical (unpaired) electrons. The third-order valence-electron chi connectivity index (χ3n) is 3.99. The molecule has 1 atom stereocenters. The first-order chi connectivity index (χ1) is 12.8. The molecule has 2 aromatic carbocycles. The highest BCUT2D eigenvalue weighted by atomic mass is 32.2. The molecule has 6 nitrogen and oxygen atoms in total. The number of rotatable bonds is 8. The summed E-state index contributed by atoms with van der Waals surface area (Å²) >= 11 is 1.57. The molecular weight excluding hydrogens is 384 g/mol. The van der Waals surface area contributed by atoms with E-state index in [2.05, 4.69) is 5.32 Å². The van der Waals surface area contributed by atoms with Gasteiger partial charge in [0.05, 0.1) is 19.1 Å². The average Bonchev–Trinajstić information content (AvgIpc) is 2.65. The number of thioether (sulfide) groups is 1. The Morgan fingerprint density at radius 2 is 1.89 bits per heavy atom. The van der Waals surface area contributed by atoms with Crippen molar-refractivity contribution in [2.24, 2.45) is 0 Å². The Morgan fingerprint density at radius 3 is 2.41 bits per heavy atom. The third-order valence-corrected chi connectivity index (χ3v) is 5.90. The molecule has 146 valence electrons. The first-order valence-corrected chi connectivity index (χ1v) is 11.5. The van der Waals surface area contributed by atoms with Gasteiger partial charge in [-0.1, -0.05) is 13.0 Å². The number of ether oxygens (including phenoxy) is 1. The molecule has 0 saturated heterocycles. The van der Waals surface area contributed by atoms with Crippen LogP contribution in [0.4, 0.5) is 11.4 Å². The minimum atomic E-state index is -3.67.